The summed E-state index contributed by atoms with van der Waals surface area (Å²) in [7, 11) is 0. The normalized spacial score (nSPS) is 19.1. The fraction of sp³-hybridized carbons (Fsp3) is 0.273. The van der Waals surface area contributed by atoms with E-state index in [0.717, 1.165) is 41.0 Å². The molecule has 0 amide bonds. The Morgan fingerprint density at radius 2 is 1.96 bits per heavy atom. The van der Waals surface area contributed by atoms with Crippen molar-refractivity contribution in [3.63, 3.8) is 0 Å². The number of benzene rings is 2. The highest BCUT2D eigenvalue weighted by Crippen LogP contribution is 2.41. The van der Waals surface area contributed by atoms with Gasteiger partial charge >= 0.3 is 0 Å². The smallest absolute Gasteiger partial charge is 0.191 e. The highest BCUT2D eigenvalue weighted by molar-refractivity contribution is 5.83. The summed E-state index contributed by atoms with van der Waals surface area (Å²) in [6.07, 6.45) is 2.74. The van der Waals surface area contributed by atoms with E-state index in [1.807, 2.05) is 49.5 Å². The molecule has 138 valence electrons. The predicted molar refractivity (Wildman–Crippen MR) is 107 cm³/mol. The molecule has 1 aromatic heterocycles. The Morgan fingerprint density at radius 1 is 1.15 bits per heavy atom. The molecule has 1 aliphatic carbocycles. The van der Waals surface area contributed by atoms with Crippen LogP contribution in [-0.2, 0) is 6.54 Å². The number of hydrogen-bond donors (Lipinski definition) is 2. The van der Waals surface area contributed by atoms with Crippen molar-refractivity contribution in [2.45, 2.75) is 31.8 Å². The van der Waals surface area contributed by atoms with Gasteiger partial charge in [0.25, 0.3) is 0 Å². The number of aromatic nitrogens is 1. The first kappa shape index (κ1) is 17.5. The molecular formula is C22H23FN4. The van der Waals surface area contributed by atoms with E-state index < -0.39 is 0 Å². The number of hydrogen-bond acceptors (Lipinski definition) is 2. The second-order valence-corrected chi connectivity index (χ2v) is 6.80. The monoisotopic (exact) mass is 362 g/mol. The van der Waals surface area contributed by atoms with E-state index >= 15 is 0 Å². The molecule has 27 heavy (non-hydrogen) atoms. The standard InChI is InChI=1S/C22H23FN4/c1-2-24-22(27-21-13-18(21)17-8-3-5-9-19(17)23)26-14-15-11-12-25-20-10-6-4-7-16(15)20/h3-12,18,21H,2,13-14H2,1H3,(H2,24,26,27). The number of nitrogens with one attached hydrogen (secondary N) is 2. The summed E-state index contributed by atoms with van der Waals surface area (Å²) >= 11 is 0. The van der Waals surface area contributed by atoms with Crippen molar-refractivity contribution in [3.8, 4) is 0 Å². The average Bonchev–Trinajstić information content (AvgIpc) is 3.45. The summed E-state index contributed by atoms with van der Waals surface area (Å²) in [5.41, 5.74) is 2.90. The Hall–Kier alpha value is -2.95. The van der Waals surface area contributed by atoms with Gasteiger partial charge in [0.15, 0.2) is 5.96 Å². The zero-order valence-corrected chi connectivity index (χ0v) is 15.3. The fourth-order valence-electron chi connectivity index (χ4n) is 3.43. The molecule has 4 nitrogen and oxygen atoms in total. The van der Waals surface area contributed by atoms with Gasteiger partial charge in [-0.05, 0) is 42.7 Å². The van der Waals surface area contributed by atoms with Crippen molar-refractivity contribution in [2.75, 3.05) is 6.54 Å². The van der Waals surface area contributed by atoms with E-state index in [4.69, 9.17) is 4.99 Å². The maximum Gasteiger partial charge on any atom is 0.191 e. The van der Waals surface area contributed by atoms with Crippen LogP contribution in [0.15, 0.2) is 65.8 Å². The number of rotatable bonds is 5. The Morgan fingerprint density at radius 3 is 2.81 bits per heavy atom. The second-order valence-electron chi connectivity index (χ2n) is 6.80. The first-order chi connectivity index (χ1) is 13.3. The predicted octanol–water partition coefficient (Wildman–Crippen LogP) is 3.99. The summed E-state index contributed by atoms with van der Waals surface area (Å²) < 4.78 is 14.0. The van der Waals surface area contributed by atoms with Crippen molar-refractivity contribution in [3.05, 3.63) is 77.7 Å². The zero-order chi connectivity index (χ0) is 18.6. The molecule has 5 heteroatoms. The van der Waals surface area contributed by atoms with Crippen molar-refractivity contribution >= 4 is 16.9 Å². The largest absolute Gasteiger partial charge is 0.357 e. The molecule has 0 spiro atoms. The summed E-state index contributed by atoms with van der Waals surface area (Å²) in [5.74, 6) is 0.844. The van der Waals surface area contributed by atoms with Crippen molar-refractivity contribution in [1.29, 1.82) is 0 Å². The molecular weight excluding hydrogens is 339 g/mol. The molecule has 3 aromatic rings. The number of nitrogens with zero attached hydrogens (tertiary/aromatic N) is 2. The molecule has 0 aliphatic heterocycles. The molecule has 2 atom stereocenters. The summed E-state index contributed by atoms with van der Waals surface area (Å²) in [6, 6.07) is 17.3. The van der Waals surface area contributed by atoms with Crippen LogP contribution in [0.1, 0.15) is 30.4 Å². The molecule has 2 unspecified atom stereocenters. The van der Waals surface area contributed by atoms with Gasteiger partial charge in [-0.2, -0.15) is 0 Å². The topological polar surface area (TPSA) is 49.3 Å². The molecule has 0 bridgehead atoms. The van der Waals surface area contributed by atoms with Crippen LogP contribution in [0.3, 0.4) is 0 Å². The van der Waals surface area contributed by atoms with Crippen LogP contribution in [-0.4, -0.2) is 23.5 Å². The highest BCUT2D eigenvalue weighted by Gasteiger charge is 2.40. The number of halogens is 1. The molecule has 1 heterocycles. The zero-order valence-electron chi connectivity index (χ0n) is 15.3. The highest BCUT2D eigenvalue weighted by atomic mass is 19.1. The van der Waals surface area contributed by atoms with Crippen LogP contribution >= 0.6 is 0 Å². The van der Waals surface area contributed by atoms with E-state index in [0.29, 0.717) is 6.54 Å². The van der Waals surface area contributed by atoms with Crippen LogP contribution in [0.4, 0.5) is 4.39 Å². The first-order valence-corrected chi connectivity index (χ1v) is 9.38. The molecule has 2 aromatic carbocycles. The van der Waals surface area contributed by atoms with Gasteiger partial charge in [0.2, 0.25) is 0 Å². The molecule has 1 saturated carbocycles. The Kier molecular flexibility index (Phi) is 5.01. The maximum atomic E-state index is 14.0. The third-order valence-corrected chi connectivity index (χ3v) is 4.91. The Bertz CT molecular complexity index is 964. The average molecular weight is 362 g/mol. The van der Waals surface area contributed by atoms with Gasteiger partial charge in [-0.25, -0.2) is 9.38 Å². The number of fused-ring (bicyclic) bond motifs is 1. The van der Waals surface area contributed by atoms with Gasteiger partial charge in [0.05, 0.1) is 12.1 Å². The second kappa shape index (κ2) is 7.74. The summed E-state index contributed by atoms with van der Waals surface area (Å²) in [4.78, 5) is 9.14. The molecule has 1 fully saturated rings. The minimum absolute atomic E-state index is 0.128. The summed E-state index contributed by atoms with van der Waals surface area (Å²) in [5, 5.41) is 7.85. The SMILES string of the molecule is CCNC(=NCc1ccnc2ccccc12)NC1CC1c1ccccc1F. The van der Waals surface area contributed by atoms with E-state index in [-0.39, 0.29) is 17.8 Å². The third-order valence-electron chi connectivity index (χ3n) is 4.91. The van der Waals surface area contributed by atoms with Crippen molar-refractivity contribution < 1.29 is 4.39 Å². The molecule has 0 saturated heterocycles. The van der Waals surface area contributed by atoms with E-state index in [1.165, 1.54) is 6.07 Å². The van der Waals surface area contributed by atoms with E-state index in [9.17, 15) is 4.39 Å². The number of pyridine rings is 1. The van der Waals surface area contributed by atoms with Crippen molar-refractivity contribution in [1.82, 2.24) is 15.6 Å². The minimum Gasteiger partial charge on any atom is -0.357 e. The van der Waals surface area contributed by atoms with E-state index in [1.54, 1.807) is 6.07 Å². The van der Waals surface area contributed by atoms with Crippen LogP contribution in [0.2, 0.25) is 0 Å². The Balaban J connectivity index is 1.47. The minimum atomic E-state index is -0.128. The molecule has 0 radical (unpaired) electrons. The molecule has 1 aliphatic rings. The van der Waals surface area contributed by atoms with Crippen LogP contribution in [0, 0.1) is 5.82 Å². The number of guanidine groups is 1. The van der Waals surface area contributed by atoms with Crippen LogP contribution in [0.5, 0.6) is 0 Å². The third kappa shape index (κ3) is 3.92. The van der Waals surface area contributed by atoms with E-state index in [2.05, 4.69) is 21.7 Å². The lowest BCUT2D eigenvalue weighted by Gasteiger charge is -2.12. The fourth-order valence-corrected chi connectivity index (χ4v) is 3.43. The van der Waals surface area contributed by atoms with Gasteiger partial charge in [-0.3, -0.25) is 4.98 Å². The van der Waals surface area contributed by atoms with Gasteiger partial charge < -0.3 is 10.6 Å². The van der Waals surface area contributed by atoms with Crippen LogP contribution < -0.4 is 10.6 Å². The van der Waals surface area contributed by atoms with Gasteiger partial charge in [0.1, 0.15) is 5.82 Å². The lowest BCUT2D eigenvalue weighted by molar-refractivity contribution is 0.607. The maximum absolute atomic E-state index is 14.0. The van der Waals surface area contributed by atoms with Gasteiger partial charge in [0, 0.05) is 30.1 Å². The van der Waals surface area contributed by atoms with Crippen molar-refractivity contribution in [2.24, 2.45) is 4.99 Å². The lowest BCUT2D eigenvalue weighted by Crippen LogP contribution is -2.39. The lowest BCUT2D eigenvalue weighted by atomic mass is 10.1. The first-order valence-electron chi connectivity index (χ1n) is 9.38. The van der Waals surface area contributed by atoms with Gasteiger partial charge in [-0.15, -0.1) is 0 Å². The quantitative estimate of drug-likeness (QED) is 0.533. The van der Waals surface area contributed by atoms with Gasteiger partial charge in [-0.1, -0.05) is 36.4 Å². The number of para-hydroxylation sites is 1. The Labute approximate surface area is 158 Å². The summed E-state index contributed by atoms with van der Waals surface area (Å²) in [6.45, 7) is 3.38. The molecule has 2 N–H and O–H groups in total. The number of aliphatic imine (C=N–C) groups is 1. The molecule has 4 rings (SSSR count). The van der Waals surface area contributed by atoms with Crippen LogP contribution in [0.25, 0.3) is 10.9 Å².